The van der Waals surface area contributed by atoms with Crippen molar-refractivity contribution in [3.05, 3.63) is 23.8 Å². The average molecular weight is 286 g/mol. The van der Waals surface area contributed by atoms with Crippen molar-refractivity contribution in [1.82, 2.24) is 4.72 Å². The van der Waals surface area contributed by atoms with Crippen LogP contribution in [0.3, 0.4) is 0 Å². The Balaban J connectivity index is 2.21. The van der Waals surface area contributed by atoms with E-state index in [9.17, 15) is 8.42 Å². The summed E-state index contributed by atoms with van der Waals surface area (Å²) < 4.78 is 27.1. The Morgan fingerprint density at radius 3 is 2.83 bits per heavy atom. The molecule has 1 fully saturated rings. The van der Waals surface area contributed by atoms with E-state index in [1.807, 2.05) is 6.92 Å². The van der Waals surface area contributed by atoms with Crippen molar-refractivity contribution in [2.24, 2.45) is 0 Å². The third-order valence-electron chi connectivity index (χ3n) is 3.06. The number of rotatable bonds is 4. The summed E-state index contributed by atoms with van der Waals surface area (Å²) in [6.07, 6.45) is 1.70. The van der Waals surface area contributed by atoms with Crippen molar-refractivity contribution in [3.63, 3.8) is 0 Å². The van der Waals surface area contributed by atoms with E-state index in [0.717, 1.165) is 29.9 Å². The van der Waals surface area contributed by atoms with Gasteiger partial charge < -0.3 is 5.73 Å². The molecule has 0 amide bonds. The number of anilines is 1. The molecule has 0 spiro atoms. The zero-order valence-electron chi connectivity index (χ0n) is 10.3. The number of nitrogen functional groups attached to an aromatic ring is 1. The Kier molecular flexibility index (Phi) is 4.19. The zero-order valence-corrected chi connectivity index (χ0v) is 12.0. The lowest BCUT2D eigenvalue weighted by molar-refractivity contribution is 0.563. The van der Waals surface area contributed by atoms with Crippen LogP contribution in [0.25, 0.3) is 0 Å². The quantitative estimate of drug-likeness (QED) is 0.825. The number of nitrogens with two attached hydrogens (primary N) is 1. The van der Waals surface area contributed by atoms with Gasteiger partial charge in [0.25, 0.3) is 0 Å². The van der Waals surface area contributed by atoms with Crippen LogP contribution in [0.15, 0.2) is 23.1 Å². The first-order chi connectivity index (χ1) is 8.53. The minimum absolute atomic E-state index is 0.0482. The molecule has 3 N–H and O–H groups in total. The maximum atomic E-state index is 12.2. The van der Waals surface area contributed by atoms with E-state index in [0.29, 0.717) is 5.69 Å². The summed E-state index contributed by atoms with van der Waals surface area (Å²) in [6.45, 7) is 1.99. The van der Waals surface area contributed by atoms with E-state index in [4.69, 9.17) is 5.73 Å². The van der Waals surface area contributed by atoms with Crippen LogP contribution in [0.2, 0.25) is 0 Å². The van der Waals surface area contributed by atoms with Crippen molar-refractivity contribution in [3.8, 4) is 0 Å². The summed E-state index contributed by atoms with van der Waals surface area (Å²) in [5, 5.41) is 0. The van der Waals surface area contributed by atoms with Crippen molar-refractivity contribution in [2.45, 2.75) is 30.7 Å². The Hall–Kier alpha value is -0.720. The normalized spacial score (nSPS) is 20.2. The van der Waals surface area contributed by atoms with Gasteiger partial charge in [-0.05, 0) is 36.3 Å². The molecule has 0 aliphatic carbocycles. The monoisotopic (exact) mass is 286 g/mol. The first-order valence-electron chi connectivity index (χ1n) is 6.01. The van der Waals surface area contributed by atoms with Crippen molar-refractivity contribution >= 4 is 27.5 Å². The maximum Gasteiger partial charge on any atom is 0.240 e. The molecule has 1 aliphatic heterocycles. The first-order valence-corrected chi connectivity index (χ1v) is 8.65. The summed E-state index contributed by atoms with van der Waals surface area (Å²) in [5.74, 6) is 1.87. The number of sulfonamides is 1. The highest BCUT2D eigenvalue weighted by atomic mass is 32.2. The van der Waals surface area contributed by atoms with E-state index in [-0.39, 0.29) is 10.9 Å². The van der Waals surface area contributed by atoms with Gasteiger partial charge >= 0.3 is 0 Å². The first kappa shape index (κ1) is 13.7. The Morgan fingerprint density at radius 2 is 2.28 bits per heavy atom. The minimum atomic E-state index is -3.43. The predicted molar refractivity (Wildman–Crippen MR) is 76.3 cm³/mol. The minimum Gasteiger partial charge on any atom is -0.398 e. The lowest BCUT2D eigenvalue weighted by Crippen LogP contribution is -2.34. The molecule has 1 aliphatic rings. The summed E-state index contributed by atoms with van der Waals surface area (Å²) in [4.78, 5) is 0.258. The molecule has 2 rings (SSSR count). The molecule has 18 heavy (non-hydrogen) atoms. The number of benzene rings is 1. The van der Waals surface area contributed by atoms with Crippen LogP contribution in [-0.2, 0) is 16.4 Å². The van der Waals surface area contributed by atoms with Gasteiger partial charge in [0, 0.05) is 17.5 Å². The lowest BCUT2D eigenvalue weighted by atomic mass is 10.1. The highest BCUT2D eigenvalue weighted by Gasteiger charge is 2.23. The summed E-state index contributed by atoms with van der Waals surface area (Å²) in [5.41, 5.74) is 7.36. The van der Waals surface area contributed by atoms with Crippen LogP contribution in [-0.4, -0.2) is 26.0 Å². The highest BCUT2D eigenvalue weighted by Crippen LogP contribution is 2.22. The molecule has 1 atom stereocenters. The van der Waals surface area contributed by atoms with Crippen LogP contribution in [0, 0.1) is 0 Å². The third-order valence-corrected chi connectivity index (χ3v) is 5.74. The Labute approximate surface area is 112 Å². The second-order valence-corrected chi connectivity index (χ2v) is 7.26. The molecule has 0 aromatic heterocycles. The molecule has 1 aromatic rings. The van der Waals surface area contributed by atoms with Crippen LogP contribution >= 0.6 is 11.8 Å². The number of hydrogen-bond donors (Lipinski definition) is 2. The SMILES string of the molecule is CCc1ccc(S(=O)(=O)NC2CCSC2)cc1N. The molecule has 4 nitrogen and oxygen atoms in total. The van der Waals surface area contributed by atoms with Gasteiger partial charge in [-0.1, -0.05) is 13.0 Å². The number of hydrogen-bond acceptors (Lipinski definition) is 4. The molecule has 1 aromatic carbocycles. The second-order valence-electron chi connectivity index (χ2n) is 4.40. The van der Waals surface area contributed by atoms with Crippen LogP contribution < -0.4 is 10.5 Å². The molecule has 0 radical (unpaired) electrons. The van der Waals surface area contributed by atoms with Gasteiger partial charge in [0.2, 0.25) is 10.0 Å². The van der Waals surface area contributed by atoms with E-state index in [1.54, 1.807) is 30.0 Å². The van der Waals surface area contributed by atoms with Crippen molar-refractivity contribution in [1.29, 1.82) is 0 Å². The summed E-state index contributed by atoms with van der Waals surface area (Å²) >= 11 is 1.78. The van der Waals surface area contributed by atoms with Crippen LogP contribution in [0.1, 0.15) is 18.9 Å². The maximum absolute atomic E-state index is 12.2. The molecule has 0 saturated carbocycles. The highest BCUT2D eigenvalue weighted by molar-refractivity contribution is 7.99. The van der Waals surface area contributed by atoms with Gasteiger partial charge in [0.1, 0.15) is 0 Å². The van der Waals surface area contributed by atoms with Crippen molar-refractivity contribution in [2.75, 3.05) is 17.2 Å². The zero-order chi connectivity index (χ0) is 13.2. The van der Waals surface area contributed by atoms with Gasteiger partial charge in [-0.25, -0.2) is 13.1 Å². The van der Waals surface area contributed by atoms with Gasteiger partial charge in [-0.2, -0.15) is 11.8 Å². The predicted octanol–water partition coefficient (Wildman–Crippen LogP) is 1.61. The van der Waals surface area contributed by atoms with E-state index >= 15 is 0 Å². The average Bonchev–Trinajstić information content (AvgIpc) is 2.81. The summed E-state index contributed by atoms with van der Waals surface area (Å²) in [6, 6.07) is 5.00. The fraction of sp³-hybridized carbons (Fsp3) is 0.500. The van der Waals surface area contributed by atoms with E-state index < -0.39 is 10.0 Å². The van der Waals surface area contributed by atoms with Crippen LogP contribution in [0.4, 0.5) is 5.69 Å². The molecule has 1 unspecified atom stereocenters. The molecular weight excluding hydrogens is 268 g/mol. The lowest BCUT2D eigenvalue weighted by Gasteiger charge is -2.13. The summed E-state index contributed by atoms with van der Waals surface area (Å²) in [7, 11) is -3.43. The molecule has 1 heterocycles. The van der Waals surface area contributed by atoms with Gasteiger partial charge in [-0.15, -0.1) is 0 Å². The van der Waals surface area contributed by atoms with E-state index in [2.05, 4.69) is 4.72 Å². The Bertz CT molecular complexity index is 523. The Morgan fingerprint density at radius 1 is 1.50 bits per heavy atom. The number of aryl methyl sites for hydroxylation is 1. The van der Waals surface area contributed by atoms with E-state index in [1.165, 1.54) is 0 Å². The van der Waals surface area contributed by atoms with Crippen LogP contribution in [0.5, 0.6) is 0 Å². The van der Waals surface area contributed by atoms with Gasteiger partial charge in [0.15, 0.2) is 0 Å². The second kappa shape index (κ2) is 5.50. The number of nitrogens with one attached hydrogen (secondary N) is 1. The number of thioether (sulfide) groups is 1. The van der Waals surface area contributed by atoms with Gasteiger partial charge in [-0.3, -0.25) is 0 Å². The molecule has 0 bridgehead atoms. The molecular formula is C12H18N2O2S2. The van der Waals surface area contributed by atoms with Gasteiger partial charge in [0.05, 0.1) is 4.90 Å². The largest absolute Gasteiger partial charge is 0.398 e. The molecule has 6 heteroatoms. The molecule has 100 valence electrons. The topological polar surface area (TPSA) is 72.2 Å². The van der Waals surface area contributed by atoms with Crippen molar-refractivity contribution < 1.29 is 8.42 Å². The molecule has 1 saturated heterocycles. The smallest absolute Gasteiger partial charge is 0.240 e. The fourth-order valence-electron chi connectivity index (χ4n) is 1.98. The third kappa shape index (κ3) is 2.99. The fourth-order valence-corrected chi connectivity index (χ4v) is 4.54. The standard InChI is InChI=1S/C12H18N2O2S2/c1-2-9-3-4-11(7-12(9)13)18(15,16)14-10-5-6-17-8-10/h3-4,7,10,14H,2,5-6,8,13H2,1H3.